The second kappa shape index (κ2) is 8.30. The fraction of sp³-hybridized carbons (Fsp3) is 0.0909. The lowest BCUT2D eigenvalue weighted by molar-refractivity contribution is 0.601. The molecule has 30 heavy (non-hydrogen) atoms. The number of para-hydroxylation sites is 2. The summed E-state index contributed by atoms with van der Waals surface area (Å²) in [5, 5.41) is 3.53. The minimum absolute atomic E-state index is 0.0504. The van der Waals surface area contributed by atoms with Crippen molar-refractivity contribution >= 4 is 44.3 Å². The van der Waals surface area contributed by atoms with Crippen LogP contribution in [0.1, 0.15) is 11.1 Å². The van der Waals surface area contributed by atoms with Crippen LogP contribution in [0.2, 0.25) is 5.02 Å². The molecule has 152 valence electrons. The molecular weight excluding hydrogens is 420 g/mol. The molecule has 0 fully saturated rings. The minimum Gasteiger partial charge on any atom is -0.363 e. The maximum Gasteiger partial charge on any atom is 0.263 e. The molecule has 0 aliphatic heterocycles. The third-order valence-corrected chi connectivity index (χ3v) is 6.06. The molecule has 1 aromatic heterocycles. The lowest BCUT2D eigenvalue weighted by atomic mass is 10.1. The van der Waals surface area contributed by atoms with E-state index in [0.29, 0.717) is 28.4 Å². The summed E-state index contributed by atoms with van der Waals surface area (Å²) in [6.07, 6.45) is 0. The molecule has 4 aromatic rings. The number of rotatable bonds is 6. The number of nitrogens with one attached hydrogen (secondary N) is 2. The summed E-state index contributed by atoms with van der Waals surface area (Å²) in [7, 11) is -3.89. The predicted octanol–water partition coefficient (Wildman–Crippen LogP) is 5.00. The first-order valence-electron chi connectivity index (χ1n) is 9.25. The molecule has 6 nitrogen and oxygen atoms in total. The standard InChI is InChI=1S/C22H19ClN4O2S/c1-15-9-11-16(12-10-15)14-24-21-22(26-20-8-3-2-7-19(20)25-21)27-30(28,29)18-6-4-5-17(23)13-18/h2-13H,14H2,1H3,(H,24,25)(H,26,27). The van der Waals surface area contributed by atoms with Gasteiger partial charge in [0.05, 0.1) is 15.9 Å². The van der Waals surface area contributed by atoms with E-state index in [9.17, 15) is 8.42 Å². The van der Waals surface area contributed by atoms with Crippen molar-refractivity contribution in [2.45, 2.75) is 18.4 Å². The number of benzene rings is 3. The summed E-state index contributed by atoms with van der Waals surface area (Å²) >= 11 is 5.96. The Morgan fingerprint density at radius 2 is 1.53 bits per heavy atom. The third-order valence-electron chi connectivity index (χ3n) is 4.49. The summed E-state index contributed by atoms with van der Waals surface area (Å²) in [4.78, 5) is 9.11. The highest BCUT2D eigenvalue weighted by Gasteiger charge is 2.19. The van der Waals surface area contributed by atoms with Crippen molar-refractivity contribution in [3.63, 3.8) is 0 Å². The van der Waals surface area contributed by atoms with Crippen LogP contribution in [0.3, 0.4) is 0 Å². The van der Waals surface area contributed by atoms with Gasteiger partial charge in [-0.05, 0) is 42.8 Å². The second-order valence-electron chi connectivity index (χ2n) is 6.81. The van der Waals surface area contributed by atoms with E-state index in [0.717, 1.165) is 5.56 Å². The van der Waals surface area contributed by atoms with Gasteiger partial charge < -0.3 is 5.32 Å². The lowest BCUT2D eigenvalue weighted by Gasteiger charge is -2.14. The fourth-order valence-electron chi connectivity index (χ4n) is 2.91. The Labute approximate surface area is 180 Å². The van der Waals surface area contributed by atoms with E-state index in [1.807, 2.05) is 49.4 Å². The molecule has 4 rings (SSSR count). The van der Waals surface area contributed by atoms with Gasteiger partial charge in [0.2, 0.25) is 0 Å². The van der Waals surface area contributed by atoms with Gasteiger partial charge in [-0.25, -0.2) is 18.4 Å². The van der Waals surface area contributed by atoms with Crippen molar-refractivity contribution in [1.82, 2.24) is 9.97 Å². The number of nitrogens with zero attached hydrogens (tertiary/aromatic N) is 2. The molecule has 2 N–H and O–H groups in total. The molecule has 0 spiro atoms. The average molecular weight is 439 g/mol. The summed E-state index contributed by atoms with van der Waals surface area (Å²) in [5.41, 5.74) is 3.45. The molecule has 3 aromatic carbocycles. The van der Waals surface area contributed by atoms with Gasteiger partial charge in [-0.2, -0.15) is 0 Å². The van der Waals surface area contributed by atoms with Gasteiger partial charge in [-0.3, -0.25) is 4.72 Å². The van der Waals surface area contributed by atoms with Crippen LogP contribution in [0.25, 0.3) is 11.0 Å². The zero-order valence-corrected chi connectivity index (χ0v) is 17.7. The van der Waals surface area contributed by atoms with Crippen molar-refractivity contribution in [3.05, 3.63) is 88.9 Å². The molecule has 0 bridgehead atoms. The third kappa shape index (κ3) is 4.53. The Bertz CT molecular complexity index is 1310. The zero-order valence-electron chi connectivity index (χ0n) is 16.1. The van der Waals surface area contributed by atoms with Crippen molar-refractivity contribution in [2.75, 3.05) is 10.0 Å². The highest BCUT2D eigenvalue weighted by molar-refractivity contribution is 7.92. The van der Waals surface area contributed by atoms with Crippen molar-refractivity contribution in [3.8, 4) is 0 Å². The molecule has 0 aliphatic carbocycles. The van der Waals surface area contributed by atoms with Gasteiger partial charge >= 0.3 is 0 Å². The number of anilines is 2. The van der Waals surface area contributed by atoms with Gasteiger partial charge in [-0.15, -0.1) is 0 Å². The molecule has 8 heteroatoms. The highest BCUT2D eigenvalue weighted by atomic mass is 35.5. The lowest BCUT2D eigenvalue weighted by Crippen LogP contribution is -2.16. The SMILES string of the molecule is Cc1ccc(CNc2nc3ccccc3nc2NS(=O)(=O)c2cccc(Cl)c2)cc1. The minimum atomic E-state index is -3.89. The Balaban J connectivity index is 1.69. The van der Waals surface area contributed by atoms with E-state index in [4.69, 9.17) is 11.6 Å². The van der Waals surface area contributed by atoms with E-state index in [1.165, 1.54) is 17.7 Å². The molecule has 0 amide bonds. The van der Waals surface area contributed by atoms with Crippen LogP contribution in [-0.2, 0) is 16.6 Å². The molecule has 0 saturated carbocycles. The Kier molecular flexibility index (Phi) is 5.57. The molecule has 0 aliphatic rings. The summed E-state index contributed by atoms with van der Waals surface area (Å²) in [5.74, 6) is 0.473. The predicted molar refractivity (Wildman–Crippen MR) is 120 cm³/mol. The average Bonchev–Trinajstić information content (AvgIpc) is 2.73. The highest BCUT2D eigenvalue weighted by Crippen LogP contribution is 2.25. The molecule has 0 unspecified atom stereocenters. The molecule has 0 atom stereocenters. The molecule has 1 heterocycles. The van der Waals surface area contributed by atoms with Gasteiger partial charge in [0, 0.05) is 11.6 Å². The van der Waals surface area contributed by atoms with E-state index in [-0.39, 0.29) is 10.7 Å². The van der Waals surface area contributed by atoms with Crippen molar-refractivity contribution in [1.29, 1.82) is 0 Å². The van der Waals surface area contributed by atoms with Crippen LogP contribution in [0.5, 0.6) is 0 Å². The number of hydrogen-bond donors (Lipinski definition) is 2. The Hall–Kier alpha value is -3.16. The first kappa shape index (κ1) is 20.1. The number of aryl methyl sites for hydroxylation is 1. The monoisotopic (exact) mass is 438 g/mol. The van der Waals surface area contributed by atoms with Crippen molar-refractivity contribution in [2.24, 2.45) is 0 Å². The van der Waals surface area contributed by atoms with Crippen molar-refractivity contribution < 1.29 is 8.42 Å². The fourth-order valence-corrected chi connectivity index (χ4v) is 4.22. The van der Waals surface area contributed by atoms with Crippen LogP contribution in [0, 0.1) is 6.92 Å². The first-order chi connectivity index (χ1) is 14.4. The molecule has 0 radical (unpaired) electrons. The number of sulfonamides is 1. The van der Waals surface area contributed by atoms with Gasteiger partial charge in [0.1, 0.15) is 0 Å². The maximum atomic E-state index is 12.9. The molecular formula is C22H19ClN4O2S. The first-order valence-corrected chi connectivity index (χ1v) is 11.1. The maximum absolute atomic E-state index is 12.9. The van der Waals surface area contributed by atoms with Gasteiger partial charge in [-0.1, -0.05) is 59.6 Å². The molecule has 0 saturated heterocycles. The Morgan fingerprint density at radius 1 is 0.867 bits per heavy atom. The van der Waals surface area contributed by atoms with Crippen LogP contribution in [0.15, 0.2) is 77.7 Å². The number of halogens is 1. The summed E-state index contributed by atoms with van der Waals surface area (Å²) in [6.45, 7) is 2.49. The normalized spacial score (nSPS) is 11.4. The largest absolute Gasteiger partial charge is 0.363 e. The zero-order chi connectivity index (χ0) is 21.1. The van der Waals surface area contributed by atoms with E-state index < -0.39 is 10.0 Å². The summed E-state index contributed by atoms with van der Waals surface area (Å²) < 4.78 is 28.3. The van der Waals surface area contributed by atoms with Gasteiger partial charge in [0.25, 0.3) is 10.0 Å². The van der Waals surface area contributed by atoms with Crippen LogP contribution in [-0.4, -0.2) is 18.4 Å². The Morgan fingerprint density at radius 3 is 2.20 bits per heavy atom. The second-order valence-corrected chi connectivity index (χ2v) is 8.93. The van der Waals surface area contributed by atoms with Gasteiger partial charge in [0.15, 0.2) is 11.6 Å². The van der Waals surface area contributed by atoms with E-state index in [1.54, 1.807) is 18.2 Å². The summed E-state index contributed by atoms with van der Waals surface area (Å²) in [6, 6.07) is 21.4. The topological polar surface area (TPSA) is 84.0 Å². The van der Waals surface area contributed by atoms with Crippen LogP contribution >= 0.6 is 11.6 Å². The quantitative estimate of drug-likeness (QED) is 0.442. The smallest absolute Gasteiger partial charge is 0.263 e. The van der Waals surface area contributed by atoms with E-state index >= 15 is 0 Å². The number of hydrogen-bond acceptors (Lipinski definition) is 5. The number of aromatic nitrogens is 2. The number of fused-ring (bicyclic) bond motifs is 1. The van der Waals surface area contributed by atoms with Crippen LogP contribution < -0.4 is 10.0 Å². The van der Waals surface area contributed by atoms with Crippen LogP contribution in [0.4, 0.5) is 11.6 Å². The van der Waals surface area contributed by atoms with E-state index in [2.05, 4.69) is 20.0 Å².